The number of benzene rings is 1. The van der Waals surface area contributed by atoms with E-state index < -0.39 is 18.1 Å². The fourth-order valence-corrected chi connectivity index (χ4v) is 2.33. The summed E-state index contributed by atoms with van der Waals surface area (Å²) in [6.07, 6.45) is 11.6. The van der Waals surface area contributed by atoms with Crippen LogP contribution in [0, 0.1) is 0 Å². The van der Waals surface area contributed by atoms with E-state index in [4.69, 9.17) is 0 Å². The SMILES string of the molecule is O=C(O)C(/C=C/C1=CCCC=C1)NC(CO)c1ccccc1. The van der Waals surface area contributed by atoms with Gasteiger partial charge in [0.25, 0.3) is 0 Å². The normalized spacial score (nSPS) is 17.2. The molecule has 1 aromatic rings. The molecule has 22 heavy (non-hydrogen) atoms. The van der Waals surface area contributed by atoms with E-state index in [9.17, 15) is 15.0 Å². The van der Waals surface area contributed by atoms with Crippen LogP contribution in [-0.2, 0) is 4.79 Å². The fraction of sp³-hybridized carbons (Fsp3) is 0.278. The summed E-state index contributed by atoms with van der Waals surface area (Å²) >= 11 is 0. The van der Waals surface area contributed by atoms with Crippen molar-refractivity contribution in [2.75, 3.05) is 6.61 Å². The summed E-state index contributed by atoms with van der Waals surface area (Å²) in [6, 6.07) is 8.07. The number of rotatable bonds is 7. The van der Waals surface area contributed by atoms with Crippen LogP contribution in [0.2, 0.25) is 0 Å². The van der Waals surface area contributed by atoms with Gasteiger partial charge in [-0.15, -0.1) is 0 Å². The molecule has 0 radical (unpaired) electrons. The second-order valence-corrected chi connectivity index (χ2v) is 5.17. The third kappa shape index (κ3) is 4.69. The van der Waals surface area contributed by atoms with Crippen LogP contribution in [0.5, 0.6) is 0 Å². The predicted molar refractivity (Wildman–Crippen MR) is 86.4 cm³/mol. The first-order valence-electron chi connectivity index (χ1n) is 7.40. The molecule has 2 unspecified atom stereocenters. The van der Waals surface area contributed by atoms with Crippen molar-refractivity contribution >= 4 is 5.97 Å². The van der Waals surface area contributed by atoms with Crippen LogP contribution in [-0.4, -0.2) is 28.8 Å². The average molecular weight is 299 g/mol. The van der Waals surface area contributed by atoms with Crippen molar-refractivity contribution < 1.29 is 15.0 Å². The second-order valence-electron chi connectivity index (χ2n) is 5.17. The number of nitrogens with one attached hydrogen (secondary N) is 1. The summed E-state index contributed by atoms with van der Waals surface area (Å²) in [5.41, 5.74) is 1.88. The van der Waals surface area contributed by atoms with E-state index >= 15 is 0 Å². The van der Waals surface area contributed by atoms with E-state index in [2.05, 4.69) is 17.5 Å². The number of hydrogen-bond donors (Lipinski definition) is 3. The molecule has 0 saturated carbocycles. The number of allylic oxidation sites excluding steroid dienone is 5. The van der Waals surface area contributed by atoms with Crippen molar-refractivity contribution in [1.29, 1.82) is 0 Å². The monoisotopic (exact) mass is 299 g/mol. The molecule has 1 aromatic carbocycles. The molecule has 4 heteroatoms. The van der Waals surface area contributed by atoms with Crippen LogP contribution >= 0.6 is 0 Å². The van der Waals surface area contributed by atoms with Crippen LogP contribution < -0.4 is 5.32 Å². The number of carboxylic acids is 1. The highest BCUT2D eigenvalue weighted by Crippen LogP contribution is 2.14. The van der Waals surface area contributed by atoms with Crippen molar-refractivity contribution in [3.63, 3.8) is 0 Å². The number of carbonyl (C=O) groups is 1. The third-order valence-electron chi connectivity index (χ3n) is 3.54. The van der Waals surface area contributed by atoms with Crippen LogP contribution in [0.15, 0.2) is 66.3 Å². The largest absolute Gasteiger partial charge is 0.480 e. The number of hydrogen-bond acceptors (Lipinski definition) is 3. The lowest BCUT2D eigenvalue weighted by Crippen LogP contribution is -2.39. The summed E-state index contributed by atoms with van der Waals surface area (Å²) in [4.78, 5) is 11.4. The van der Waals surface area contributed by atoms with Crippen molar-refractivity contribution in [2.45, 2.75) is 24.9 Å². The highest BCUT2D eigenvalue weighted by Gasteiger charge is 2.19. The molecule has 1 aliphatic rings. The van der Waals surface area contributed by atoms with Gasteiger partial charge >= 0.3 is 5.97 Å². The molecule has 0 bridgehead atoms. The molecule has 4 nitrogen and oxygen atoms in total. The van der Waals surface area contributed by atoms with Crippen LogP contribution in [0.1, 0.15) is 24.4 Å². The zero-order valence-electron chi connectivity index (χ0n) is 12.4. The Labute approximate surface area is 130 Å². The summed E-state index contributed by atoms with van der Waals surface area (Å²) in [7, 11) is 0. The molecular formula is C18H21NO3. The van der Waals surface area contributed by atoms with E-state index in [-0.39, 0.29) is 6.61 Å². The Morgan fingerprint density at radius 3 is 2.64 bits per heavy atom. The zero-order valence-corrected chi connectivity index (χ0v) is 12.4. The quantitative estimate of drug-likeness (QED) is 0.724. The molecular weight excluding hydrogens is 278 g/mol. The number of aliphatic hydroxyl groups excluding tert-OH is 1. The first kappa shape index (κ1) is 16.2. The number of aliphatic hydroxyl groups is 1. The molecule has 0 aliphatic heterocycles. The predicted octanol–water partition coefficient (Wildman–Crippen LogP) is 2.60. The topological polar surface area (TPSA) is 69.6 Å². The molecule has 1 aliphatic carbocycles. The minimum Gasteiger partial charge on any atom is -0.480 e. The smallest absolute Gasteiger partial charge is 0.324 e. The summed E-state index contributed by atoms with van der Waals surface area (Å²) in [5, 5.41) is 21.9. The van der Waals surface area contributed by atoms with Gasteiger partial charge in [-0.1, -0.05) is 60.7 Å². The Morgan fingerprint density at radius 1 is 1.27 bits per heavy atom. The Balaban J connectivity index is 2.07. The first-order chi connectivity index (χ1) is 10.7. The Morgan fingerprint density at radius 2 is 2.05 bits per heavy atom. The van der Waals surface area contributed by atoms with Gasteiger partial charge < -0.3 is 10.2 Å². The minimum absolute atomic E-state index is 0.162. The van der Waals surface area contributed by atoms with Gasteiger partial charge in [0.1, 0.15) is 6.04 Å². The van der Waals surface area contributed by atoms with Gasteiger partial charge in [-0.05, 0) is 24.0 Å². The van der Waals surface area contributed by atoms with Crippen LogP contribution in [0.25, 0.3) is 0 Å². The molecule has 3 N–H and O–H groups in total. The van der Waals surface area contributed by atoms with E-state index in [0.717, 1.165) is 24.0 Å². The third-order valence-corrected chi connectivity index (χ3v) is 3.54. The molecule has 0 saturated heterocycles. The Kier molecular flexibility index (Phi) is 6.13. The molecule has 2 rings (SSSR count). The van der Waals surface area contributed by atoms with Gasteiger partial charge in [0.05, 0.1) is 12.6 Å². The van der Waals surface area contributed by atoms with E-state index in [1.165, 1.54) is 0 Å². The fourth-order valence-electron chi connectivity index (χ4n) is 2.33. The lowest BCUT2D eigenvalue weighted by Gasteiger charge is -2.20. The highest BCUT2D eigenvalue weighted by molar-refractivity contribution is 5.76. The first-order valence-corrected chi connectivity index (χ1v) is 7.40. The highest BCUT2D eigenvalue weighted by atomic mass is 16.4. The van der Waals surface area contributed by atoms with E-state index in [1.54, 1.807) is 12.2 Å². The Hall–Kier alpha value is -2.17. The molecule has 0 amide bonds. The minimum atomic E-state index is -0.967. The second kappa shape index (κ2) is 8.32. The van der Waals surface area contributed by atoms with Gasteiger partial charge in [-0.2, -0.15) is 0 Å². The van der Waals surface area contributed by atoms with Gasteiger partial charge in [0.2, 0.25) is 0 Å². The van der Waals surface area contributed by atoms with Gasteiger partial charge in [-0.3, -0.25) is 10.1 Å². The Bertz CT molecular complexity index is 575. The number of carboxylic acid groups (broad SMARTS) is 1. The average Bonchev–Trinajstić information content (AvgIpc) is 2.56. The lowest BCUT2D eigenvalue weighted by atomic mass is 10.0. The van der Waals surface area contributed by atoms with Gasteiger partial charge in [0.15, 0.2) is 0 Å². The van der Waals surface area contributed by atoms with E-state index in [1.807, 2.05) is 36.4 Å². The summed E-state index contributed by atoms with van der Waals surface area (Å²) in [5.74, 6) is -0.967. The molecule has 0 fully saturated rings. The van der Waals surface area contributed by atoms with Gasteiger partial charge in [0, 0.05) is 0 Å². The van der Waals surface area contributed by atoms with Crippen molar-refractivity contribution in [2.24, 2.45) is 0 Å². The molecule has 0 aromatic heterocycles. The molecule has 116 valence electrons. The molecule has 0 heterocycles. The maximum atomic E-state index is 11.4. The maximum Gasteiger partial charge on any atom is 0.324 e. The van der Waals surface area contributed by atoms with Crippen LogP contribution in [0.3, 0.4) is 0 Å². The summed E-state index contributed by atoms with van der Waals surface area (Å²) in [6.45, 7) is -0.162. The van der Waals surface area contributed by atoms with Gasteiger partial charge in [-0.25, -0.2) is 0 Å². The standard InChI is InChI=1S/C18H21NO3/c20-13-17(15-9-5-2-6-10-15)19-16(18(21)22)12-11-14-7-3-1-4-8-14/h2-3,5-12,16-17,19-20H,1,4,13H2,(H,21,22)/b12-11+. The van der Waals surface area contributed by atoms with Crippen molar-refractivity contribution in [1.82, 2.24) is 5.32 Å². The molecule has 0 spiro atoms. The lowest BCUT2D eigenvalue weighted by molar-refractivity contribution is -0.138. The van der Waals surface area contributed by atoms with E-state index in [0.29, 0.717) is 0 Å². The van der Waals surface area contributed by atoms with Crippen LogP contribution in [0.4, 0.5) is 0 Å². The zero-order chi connectivity index (χ0) is 15.8. The summed E-state index contributed by atoms with van der Waals surface area (Å²) < 4.78 is 0. The van der Waals surface area contributed by atoms with Crippen molar-refractivity contribution in [3.05, 3.63) is 71.8 Å². The maximum absolute atomic E-state index is 11.4. The molecule has 2 atom stereocenters. The number of aliphatic carboxylic acids is 1. The van der Waals surface area contributed by atoms with Crippen molar-refractivity contribution in [3.8, 4) is 0 Å².